The molecular weight excluding hydrogens is 381 g/mol. The van der Waals surface area contributed by atoms with Crippen molar-refractivity contribution in [2.45, 2.75) is 20.1 Å². The zero-order chi connectivity index (χ0) is 19.2. The summed E-state index contributed by atoms with van der Waals surface area (Å²) in [6.45, 7) is 3.14. The molecule has 0 fully saturated rings. The van der Waals surface area contributed by atoms with Gasteiger partial charge >= 0.3 is 0 Å². The van der Waals surface area contributed by atoms with Gasteiger partial charge in [-0.15, -0.1) is 0 Å². The third kappa shape index (κ3) is 5.31. The van der Waals surface area contributed by atoms with Gasteiger partial charge in [-0.2, -0.15) is 0 Å². The minimum atomic E-state index is 0.505. The van der Waals surface area contributed by atoms with Crippen LogP contribution in [0.4, 0.5) is 5.69 Å². The van der Waals surface area contributed by atoms with E-state index in [-0.39, 0.29) is 0 Å². The van der Waals surface area contributed by atoms with Crippen molar-refractivity contribution < 1.29 is 9.47 Å². The Morgan fingerprint density at radius 3 is 2.48 bits per heavy atom. The maximum absolute atomic E-state index is 6.19. The van der Waals surface area contributed by atoms with Gasteiger partial charge in [0.15, 0.2) is 0 Å². The Kier molecular flexibility index (Phi) is 6.49. The third-order valence-electron chi connectivity index (χ3n) is 4.13. The molecule has 0 aliphatic rings. The number of nitrogens with one attached hydrogen (secondary N) is 1. The Labute approximate surface area is 169 Å². The van der Waals surface area contributed by atoms with Gasteiger partial charge in [-0.1, -0.05) is 53.0 Å². The van der Waals surface area contributed by atoms with Crippen LogP contribution in [0.3, 0.4) is 0 Å². The van der Waals surface area contributed by atoms with Crippen molar-refractivity contribution in [3.8, 4) is 11.5 Å². The van der Waals surface area contributed by atoms with Crippen LogP contribution in [0.15, 0.2) is 60.7 Å². The quantitative estimate of drug-likeness (QED) is 0.489. The van der Waals surface area contributed by atoms with Gasteiger partial charge < -0.3 is 14.8 Å². The largest absolute Gasteiger partial charge is 0.495 e. The van der Waals surface area contributed by atoms with Crippen LogP contribution in [-0.4, -0.2) is 7.11 Å². The number of rotatable bonds is 7. The van der Waals surface area contributed by atoms with Gasteiger partial charge in [0.2, 0.25) is 0 Å². The van der Waals surface area contributed by atoms with Crippen LogP contribution in [0.25, 0.3) is 0 Å². The lowest BCUT2D eigenvalue weighted by Crippen LogP contribution is -2.04. The number of ether oxygens (including phenoxy) is 2. The number of hydrogen-bond acceptors (Lipinski definition) is 3. The van der Waals surface area contributed by atoms with Crippen LogP contribution in [0.5, 0.6) is 11.5 Å². The van der Waals surface area contributed by atoms with E-state index in [0.29, 0.717) is 28.9 Å². The fourth-order valence-electron chi connectivity index (χ4n) is 2.76. The zero-order valence-electron chi connectivity index (χ0n) is 15.3. The predicted octanol–water partition coefficient (Wildman–Crippen LogP) is 6.50. The maximum Gasteiger partial charge on any atom is 0.137 e. The van der Waals surface area contributed by atoms with E-state index >= 15 is 0 Å². The number of aryl methyl sites for hydroxylation is 1. The minimum Gasteiger partial charge on any atom is -0.495 e. The second kappa shape index (κ2) is 9.03. The van der Waals surface area contributed by atoms with Crippen LogP contribution < -0.4 is 14.8 Å². The monoisotopic (exact) mass is 401 g/mol. The van der Waals surface area contributed by atoms with E-state index in [1.165, 1.54) is 5.56 Å². The topological polar surface area (TPSA) is 30.5 Å². The Balaban J connectivity index is 1.71. The molecular formula is C22H21Cl2NO2. The summed E-state index contributed by atoms with van der Waals surface area (Å²) in [4.78, 5) is 0. The van der Waals surface area contributed by atoms with Crippen LogP contribution >= 0.6 is 23.2 Å². The fourth-order valence-corrected chi connectivity index (χ4v) is 3.22. The molecule has 0 aliphatic heterocycles. The molecule has 3 rings (SSSR count). The number of methoxy groups -OCH3 is 1. The molecule has 0 spiro atoms. The molecule has 0 bridgehead atoms. The lowest BCUT2D eigenvalue weighted by molar-refractivity contribution is 0.303. The molecule has 1 N–H and O–H groups in total. The van der Waals surface area contributed by atoms with E-state index in [2.05, 4.69) is 30.4 Å². The SMILES string of the molecule is COc1ccc(NCc2cc(Cl)ccc2OCc2cccc(C)c2)cc1Cl. The van der Waals surface area contributed by atoms with Crippen molar-refractivity contribution in [1.29, 1.82) is 0 Å². The Morgan fingerprint density at radius 1 is 0.926 bits per heavy atom. The highest BCUT2D eigenvalue weighted by Gasteiger charge is 2.07. The highest BCUT2D eigenvalue weighted by Crippen LogP contribution is 2.29. The molecule has 0 radical (unpaired) electrons. The highest BCUT2D eigenvalue weighted by molar-refractivity contribution is 6.32. The maximum atomic E-state index is 6.19. The summed E-state index contributed by atoms with van der Waals surface area (Å²) in [5.41, 5.74) is 4.21. The molecule has 0 aliphatic carbocycles. The van der Waals surface area contributed by atoms with Crippen molar-refractivity contribution in [2.75, 3.05) is 12.4 Å². The van der Waals surface area contributed by atoms with Gasteiger partial charge in [0.25, 0.3) is 0 Å². The molecule has 0 unspecified atom stereocenters. The van der Waals surface area contributed by atoms with Crippen molar-refractivity contribution in [2.24, 2.45) is 0 Å². The van der Waals surface area contributed by atoms with Crippen molar-refractivity contribution in [3.05, 3.63) is 87.4 Å². The molecule has 0 heterocycles. The first kappa shape index (κ1) is 19.4. The molecule has 0 aromatic heterocycles. The molecule has 3 nitrogen and oxygen atoms in total. The van der Waals surface area contributed by atoms with Gasteiger partial charge in [0.05, 0.1) is 12.1 Å². The summed E-state index contributed by atoms with van der Waals surface area (Å²) < 4.78 is 11.2. The minimum absolute atomic E-state index is 0.505. The molecule has 3 aromatic carbocycles. The fraction of sp³-hybridized carbons (Fsp3) is 0.182. The first-order valence-electron chi connectivity index (χ1n) is 8.59. The van der Waals surface area contributed by atoms with Gasteiger partial charge in [-0.25, -0.2) is 0 Å². The van der Waals surface area contributed by atoms with Gasteiger partial charge in [0.1, 0.15) is 18.1 Å². The molecule has 27 heavy (non-hydrogen) atoms. The number of hydrogen-bond donors (Lipinski definition) is 1. The Hall–Kier alpha value is -2.36. The first-order valence-corrected chi connectivity index (χ1v) is 9.35. The number of anilines is 1. The summed E-state index contributed by atoms with van der Waals surface area (Å²) >= 11 is 12.4. The Morgan fingerprint density at radius 2 is 1.74 bits per heavy atom. The standard InChI is InChI=1S/C22H21Cl2NO2/c1-15-4-3-5-16(10-15)14-27-21-8-6-18(23)11-17(21)13-25-19-7-9-22(26-2)20(24)12-19/h3-12,25H,13-14H2,1-2H3. The second-order valence-corrected chi connectivity index (χ2v) is 7.08. The van der Waals surface area contributed by atoms with Crippen LogP contribution in [0.1, 0.15) is 16.7 Å². The van der Waals surface area contributed by atoms with E-state index in [0.717, 1.165) is 22.6 Å². The molecule has 5 heteroatoms. The van der Waals surface area contributed by atoms with Gasteiger partial charge in [0, 0.05) is 22.8 Å². The van der Waals surface area contributed by atoms with Gasteiger partial charge in [-0.3, -0.25) is 0 Å². The lowest BCUT2D eigenvalue weighted by atomic mass is 10.1. The average molecular weight is 402 g/mol. The second-order valence-electron chi connectivity index (χ2n) is 6.23. The van der Waals surface area contributed by atoms with Crippen LogP contribution in [-0.2, 0) is 13.2 Å². The van der Waals surface area contributed by atoms with Gasteiger partial charge in [-0.05, 0) is 48.9 Å². The predicted molar refractivity (Wildman–Crippen MR) is 112 cm³/mol. The van der Waals surface area contributed by atoms with E-state index in [9.17, 15) is 0 Å². The van der Waals surface area contributed by atoms with E-state index in [1.54, 1.807) is 7.11 Å². The van der Waals surface area contributed by atoms with Crippen molar-refractivity contribution in [1.82, 2.24) is 0 Å². The molecule has 0 saturated heterocycles. The van der Waals surface area contributed by atoms with E-state index in [1.807, 2.05) is 42.5 Å². The summed E-state index contributed by atoms with van der Waals surface area (Å²) in [6, 6.07) is 19.5. The number of halogens is 2. The normalized spacial score (nSPS) is 10.5. The molecule has 3 aromatic rings. The van der Waals surface area contributed by atoms with Crippen molar-refractivity contribution >= 4 is 28.9 Å². The molecule has 0 atom stereocenters. The number of benzene rings is 3. The molecule has 0 amide bonds. The third-order valence-corrected chi connectivity index (χ3v) is 4.66. The van der Waals surface area contributed by atoms with Crippen LogP contribution in [0, 0.1) is 6.92 Å². The first-order chi connectivity index (χ1) is 13.0. The van der Waals surface area contributed by atoms with E-state index < -0.39 is 0 Å². The lowest BCUT2D eigenvalue weighted by Gasteiger charge is -2.14. The zero-order valence-corrected chi connectivity index (χ0v) is 16.8. The molecule has 140 valence electrons. The summed E-state index contributed by atoms with van der Waals surface area (Å²) in [5, 5.41) is 4.58. The summed E-state index contributed by atoms with van der Waals surface area (Å²) in [5.74, 6) is 1.44. The van der Waals surface area contributed by atoms with Crippen LogP contribution in [0.2, 0.25) is 10.0 Å². The summed E-state index contributed by atoms with van der Waals surface area (Å²) in [7, 11) is 1.60. The summed E-state index contributed by atoms with van der Waals surface area (Å²) in [6.07, 6.45) is 0. The highest BCUT2D eigenvalue weighted by atomic mass is 35.5. The smallest absolute Gasteiger partial charge is 0.137 e. The Bertz CT molecular complexity index is 928. The average Bonchev–Trinajstić information content (AvgIpc) is 2.66. The van der Waals surface area contributed by atoms with E-state index in [4.69, 9.17) is 32.7 Å². The van der Waals surface area contributed by atoms with Crippen molar-refractivity contribution in [3.63, 3.8) is 0 Å². The molecule has 0 saturated carbocycles.